The molecule has 0 radical (unpaired) electrons. The molecule has 0 atom stereocenters. The van der Waals surface area contributed by atoms with Crippen LogP contribution in [0.5, 0.6) is 0 Å². The third-order valence-electron chi connectivity index (χ3n) is 2.49. The van der Waals surface area contributed by atoms with E-state index in [0.717, 1.165) is 11.3 Å². The Balaban J connectivity index is 2.20. The van der Waals surface area contributed by atoms with Crippen molar-refractivity contribution in [2.45, 2.75) is 13.8 Å². The average Bonchev–Trinajstić information content (AvgIpc) is 2.60. The molecule has 0 bridgehead atoms. The number of carbonyl (C=O) groups is 1. The number of aromatic nitrogens is 2. The van der Waals surface area contributed by atoms with Gasteiger partial charge in [-0.1, -0.05) is 12.1 Å². The van der Waals surface area contributed by atoms with Crippen molar-refractivity contribution in [3.63, 3.8) is 0 Å². The van der Waals surface area contributed by atoms with Gasteiger partial charge in [-0.05, 0) is 31.5 Å². The Kier molecular flexibility index (Phi) is 2.82. The van der Waals surface area contributed by atoms with E-state index in [2.05, 4.69) is 15.5 Å². The third-order valence-corrected chi connectivity index (χ3v) is 2.49. The highest BCUT2D eigenvalue weighted by Crippen LogP contribution is 2.15. The van der Waals surface area contributed by atoms with Crippen LogP contribution in [-0.2, 0) is 0 Å². The van der Waals surface area contributed by atoms with Crippen LogP contribution >= 0.6 is 0 Å². The van der Waals surface area contributed by atoms with Crippen LogP contribution in [0.25, 0.3) is 0 Å². The minimum absolute atomic E-state index is 0.226. The zero-order chi connectivity index (χ0) is 12.4. The van der Waals surface area contributed by atoms with E-state index in [0.29, 0.717) is 11.4 Å². The number of anilines is 2. The molecule has 4 N–H and O–H groups in total. The number of carbonyl (C=O) groups excluding carboxylic acids is 1. The number of nitrogens with two attached hydrogens (primary N) is 1. The highest BCUT2D eigenvalue weighted by Gasteiger charge is 2.15. The maximum atomic E-state index is 11.9. The third kappa shape index (κ3) is 2.28. The molecule has 0 saturated carbocycles. The number of hydrogen-bond donors (Lipinski definition) is 3. The van der Waals surface area contributed by atoms with Gasteiger partial charge >= 0.3 is 0 Å². The lowest BCUT2D eigenvalue weighted by Crippen LogP contribution is -2.14. The molecule has 0 aliphatic heterocycles. The predicted molar refractivity (Wildman–Crippen MR) is 66.9 cm³/mol. The first-order chi connectivity index (χ1) is 8.08. The first-order valence-corrected chi connectivity index (χ1v) is 5.26. The van der Waals surface area contributed by atoms with Crippen LogP contribution < -0.4 is 11.1 Å². The molecule has 5 heteroatoms. The SMILES string of the molecule is Cc1cccc(NC(=O)c2n[nH]c(C)c2N)c1. The number of nitrogens with one attached hydrogen (secondary N) is 2. The number of benzene rings is 1. The second-order valence-corrected chi connectivity index (χ2v) is 3.93. The van der Waals surface area contributed by atoms with Crippen LogP contribution in [0.15, 0.2) is 24.3 Å². The fourth-order valence-electron chi connectivity index (χ4n) is 1.52. The van der Waals surface area contributed by atoms with Crippen molar-refractivity contribution in [3.8, 4) is 0 Å². The number of nitrogens with zero attached hydrogens (tertiary/aromatic N) is 1. The molecule has 0 unspecified atom stereocenters. The van der Waals surface area contributed by atoms with Crippen LogP contribution in [0.4, 0.5) is 11.4 Å². The fraction of sp³-hybridized carbons (Fsp3) is 0.167. The summed E-state index contributed by atoms with van der Waals surface area (Å²) in [4.78, 5) is 11.9. The van der Waals surface area contributed by atoms with Crippen molar-refractivity contribution in [2.24, 2.45) is 0 Å². The van der Waals surface area contributed by atoms with Crippen LogP contribution in [0.2, 0.25) is 0 Å². The Morgan fingerprint density at radius 2 is 2.18 bits per heavy atom. The molecule has 1 heterocycles. The number of rotatable bonds is 2. The number of amides is 1. The molecule has 0 saturated heterocycles. The van der Waals surface area contributed by atoms with Gasteiger partial charge in [-0.15, -0.1) is 0 Å². The van der Waals surface area contributed by atoms with Gasteiger partial charge in [0, 0.05) is 5.69 Å². The van der Waals surface area contributed by atoms with Crippen LogP contribution in [0.1, 0.15) is 21.7 Å². The summed E-state index contributed by atoms with van der Waals surface area (Å²) in [6, 6.07) is 7.54. The van der Waals surface area contributed by atoms with E-state index < -0.39 is 0 Å². The molecular formula is C12H14N4O. The largest absolute Gasteiger partial charge is 0.395 e. The molecule has 88 valence electrons. The zero-order valence-electron chi connectivity index (χ0n) is 9.74. The minimum atomic E-state index is -0.308. The number of aromatic amines is 1. The molecule has 1 aromatic heterocycles. The highest BCUT2D eigenvalue weighted by atomic mass is 16.2. The normalized spacial score (nSPS) is 10.2. The summed E-state index contributed by atoms with van der Waals surface area (Å²) in [6.45, 7) is 3.73. The van der Waals surface area contributed by atoms with E-state index in [9.17, 15) is 4.79 Å². The van der Waals surface area contributed by atoms with Crippen molar-refractivity contribution in [1.82, 2.24) is 10.2 Å². The van der Waals surface area contributed by atoms with Gasteiger partial charge in [0.25, 0.3) is 5.91 Å². The highest BCUT2D eigenvalue weighted by molar-refractivity contribution is 6.06. The average molecular weight is 230 g/mol. The van der Waals surface area contributed by atoms with Crippen LogP contribution in [0, 0.1) is 13.8 Å². The number of H-pyrrole nitrogens is 1. The maximum Gasteiger partial charge on any atom is 0.278 e. The van der Waals surface area contributed by atoms with Gasteiger partial charge in [-0.3, -0.25) is 9.89 Å². The van der Waals surface area contributed by atoms with Gasteiger partial charge in [0.05, 0.1) is 11.4 Å². The van der Waals surface area contributed by atoms with E-state index in [1.807, 2.05) is 31.2 Å². The Labute approximate surface area is 99.0 Å². The minimum Gasteiger partial charge on any atom is -0.395 e. The molecule has 0 aliphatic rings. The van der Waals surface area contributed by atoms with Crippen molar-refractivity contribution in [3.05, 3.63) is 41.2 Å². The lowest BCUT2D eigenvalue weighted by molar-refractivity contribution is 0.102. The van der Waals surface area contributed by atoms with Crippen molar-refractivity contribution in [2.75, 3.05) is 11.1 Å². The molecule has 0 aliphatic carbocycles. The molecule has 17 heavy (non-hydrogen) atoms. The standard InChI is InChI=1S/C12H14N4O/c1-7-4-3-5-9(6-7)14-12(17)11-10(13)8(2)15-16-11/h3-6H,13H2,1-2H3,(H,14,17)(H,15,16). The van der Waals surface area contributed by atoms with Crippen molar-refractivity contribution >= 4 is 17.3 Å². The summed E-state index contributed by atoms with van der Waals surface area (Å²) in [7, 11) is 0. The van der Waals surface area contributed by atoms with Crippen molar-refractivity contribution < 1.29 is 4.79 Å². The summed E-state index contributed by atoms with van der Waals surface area (Å²) in [5.41, 5.74) is 8.85. The molecule has 0 spiro atoms. The van der Waals surface area contributed by atoms with Gasteiger partial charge in [0.1, 0.15) is 0 Å². The monoisotopic (exact) mass is 230 g/mol. The van der Waals surface area contributed by atoms with Gasteiger partial charge in [0.2, 0.25) is 0 Å². The summed E-state index contributed by atoms with van der Waals surface area (Å²) in [5, 5.41) is 9.30. The summed E-state index contributed by atoms with van der Waals surface area (Å²) in [5.74, 6) is -0.308. The second kappa shape index (κ2) is 4.29. The van der Waals surface area contributed by atoms with Crippen LogP contribution in [0.3, 0.4) is 0 Å². The van der Waals surface area contributed by atoms with E-state index >= 15 is 0 Å². The Morgan fingerprint density at radius 1 is 1.41 bits per heavy atom. The summed E-state index contributed by atoms with van der Waals surface area (Å²) < 4.78 is 0. The van der Waals surface area contributed by atoms with Crippen LogP contribution in [-0.4, -0.2) is 16.1 Å². The Hall–Kier alpha value is -2.30. The molecular weight excluding hydrogens is 216 g/mol. The van der Waals surface area contributed by atoms with E-state index in [4.69, 9.17) is 5.73 Å². The maximum absolute atomic E-state index is 11.9. The number of nitrogen functional groups attached to an aromatic ring is 1. The van der Waals surface area contributed by atoms with Gasteiger partial charge < -0.3 is 11.1 Å². The molecule has 2 rings (SSSR count). The molecule has 1 aromatic carbocycles. The topological polar surface area (TPSA) is 83.8 Å². The molecule has 0 fully saturated rings. The zero-order valence-corrected chi connectivity index (χ0v) is 9.74. The van der Waals surface area contributed by atoms with Crippen molar-refractivity contribution in [1.29, 1.82) is 0 Å². The quantitative estimate of drug-likeness (QED) is 0.736. The Bertz CT molecular complexity index is 559. The van der Waals surface area contributed by atoms with E-state index in [1.54, 1.807) is 6.92 Å². The van der Waals surface area contributed by atoms with Gasteiger partial charge in [0.15, 0.2) is 5.69 Å². The number of aryl methyl sites for hydroxylation is 2. The first-order valence-electron chi connectivity index (χ1n) is 5.26. The predicted octanol–water partition coefficient (Wildman–Crippen LogP) is 1.86. The van der Waals surface area contributed by atoms with Gasteiger partial charge in [-0.2, -0.15) is 5.10 Å². The molecule has 1 amide bonds. The van der Waals surface area contributed by atoms with Gasteiger partial charge in [-0.25, -0.2) is 0 Å². The summed E-state index contributed by atoms with van der Waals surface area (Å²) in [6.07, 6.45) is 0. The first kappa shape index (κ1) is 11.2. The fourth-order valence-corrected chi connectivity index (χ4v) is 1.52. The second-order valence-electron chi connectivity index (χ2n) is 3.93. The molecule has 2 aromatic rings. The Morgan fingerprint density at radius 3 is 2.76 bits per heavy atom. The molecule has 5 nitrogen and oxygen atoms in total. The van der Waals surface area contributed by atoms with E-state index in [1.165, 1.54) is 0 Å². The van der Waals surface area contributed by atoms with E-state index in [-0.39, 0.29) is 11.6 Å². The lowest BCUT2D eigenvalue weighted by Gasteiger charge is -2.04. The number of hydrogen-bond acceptors (Lipinski definition) is 3. The summed E-state index contributed by atoms with van der Waals surface area (Å²) >= 11 is 0. The smallest absolute Gasteiger partial charge is 0.278 e. The lowest BCUT2D eigenvalue weighted by atomic mass is 10.2.